The average Bonchev–Trinajstić information content (AvgIpc) is 2.87. The monoisotopic (exact) mass is 248 g/mol. The molecule has 0 radical (unpaired) electrons. The molecule has 0 aliphatic carbocycles. The van der Waals surface area contributed by atoms with Gasteiger partial charge in [-0.15, -0.1) is 0 Å². The normalized spacial score (nSPS) is 21.1. The lowest BCUT2D eigenvalue weighted by Crippen LogP contribution is -2.26. The zero-order valence-electron chi connectivity index (χ0n) is 11.6. The van der Waals surface area contributed by atoms with Gasteiger partial charge in [0.1, 0.15) is 5.75 Å². The second-order valence-electron chi connectivity index (χ2n) is 5.23. The van der Waals surface area contributed by atoms with Gasteiger partial charge in [-0.1, -0.05) is 6.07 Å². The van der Waals surface area contributed by atoms with Gasteiger partial charge in [0.15, 0.2) is 0 Å². The van der Waals surface area contributed by atoms with E-state index in [0.717, 1.165) is 18.2 Å². The van der Waals surface area contributed by atoms with Gasteiger partial charge in [0.2, 0.25) is 0 Å². The summed E-state index contributed by atoms with van der Waals surface area (Å²) in [6, 6.07) is 8.98. The van der Waals surface area contributed by atoms with Gasteiger partial charge in [-0.2, -0.15) is 0 Å². The molecule has 0 bridgehead atoms. The highest BCUT2D eigenvalue weighted by Gasteiger charge is 2.23. The molecule has 1 aliphatic rings. The minimum atomic E-state index is 0.611. The number of nitrogens with zero attached hydrogens (tertiary/aromatic N) is 1. The van der Waals surface area contributed by atoms with Crippen LogP contribution >= 0.6 is 0 Å². The van der Waals surface area contributed by atoms with Crippen LogP contribution in [0.1, 0.15) is 19.8 Å². The van der Waals surface area contributed by atoms with E-state index < -0.39 is 0 Å². The summed E-state index contributed by atoms with van der Waals surface area (Å²) in [6.45, 7) is 4.58. The maximum Gasteiger partial charge on any atom is 0.120 e. The number of benzene rings is 1. The topological polar surface area (TPSA) is 24.5 Å². The quantitative estimate of drug-likeness (QED) is 0.866. The predicted molar refractivity (Wildman–Crippen MR) is 76.5 cm³/mol. The molecule has 0 amide bonds. The van der Waals surface area contributed by atoms with E-state index in [1.807, 2.05) is 13.1 Å². The van der Waals surface area contributed by atoms with Crippen molar-refractivity contribution in [1.82, 2.24) is 5.32 Å². The summed E-state index contributed by atoms with van der Waals surface area (Å²) >= 11 is 0. The van der Waals surface area contributed by atoms with E-state index in [1.165, 1.54) is 25.1 Å². The first-order valence-corrected chi connectivity index (χ1v) is 6.79. The molecular formula is C15H24N2O. The summed E-state index contributed by atoms with van der Waals surface area (Å²) in [5.74, 6) is 1.75. The summed E-state index contributed by atoms with van der Waals surface area (Å²) in [7, 11) is 3.76. The molecule has 18 heavy (non-hydrogen) atoms. The van der Waals surface area contributed by atoms with E-state index in [2.05, 4.69) is 35.3 Å². The maximum absolute atomic E-state index is 5.29. The number of methoxy groups -OCH3 is 1. The Morgan fingerprint density at radius 1 is 1.50 bits per heavy atom. The molecule has 2 rings (SSSR count). The third-order valence-electron chi connectivity index (χ3n) is 3.88. The molecule has 1 heterocycles. The molecule has 2 atom stereocenters. The van der Waals surface area contributed by atoms with E-state index >= 15 is 0 Å². The second-order valence-corrected chi connectivity index (χ2v) is 5.23. The molecule has 1 aromatic carbocycles. The lowest BCUT2D eigenvalue weighted by molar-refractivity contribution is 0.414. The van der Waals surface area contributed by atoms with Gasteiger partial charge in [0.05, 0.1) is 7.11 Å². The van der Waals surface area contributed by atoms with Crippen LogP contribution in [-0.4, -0.2) is 33.3 Å². The first-order chi connectivity index (χ1) is 8.72. The largest absolute Gasteiger partial charge is 0.497 e. The van der Waals surface area contributed by atoms with E-state index in [-0.39, 0.29) is 0 Å². The van der Waals surface area contributed by atoms with Crippen molar-refractivity contribution in [2.75, 3.05) is 32.1 Å². The lowest BCUT2D eigenvalue weighted by atomic mass is 10.0. The summed E-state index contributed by atoms with van der Waals surface area (Å²) in [5, 5.41) is 3.33. The zero-order chi connectivity index (χ0) is 13.0. The number of rotatable bonds is 5. The van der Waals surface area contributed by atoms with Crippen LogP contribution in [0.2, 0.25) is 0 Å². The highest BCUT2D eigenvalue weighted by Crippen LogP contribution is 2.28. The van der Waals surface area contributed by atoms with E-state index in [9.17, 15) is 0 Å². The van der Waals surface area contributed by atoms with E-state index in [1.54, 1.807) is 7.11 Å². The van der Waals surface area contributed by atoms with Crippen molar-refractivity contribution in [3.63, 3.8) is 0 Å². The Bertz CT molecular complexity index is 381. The van der Waals surface area contributed by atoms with Gasteiger partial charge in [-0.05, 0) is 44.9 Å². The molecule has 1 N–H and O–H groups in total. The molecule has 0 saturated carbocycles. The molecule has 3 heteroatoms. The molecule has 0 aromatic heterocycles. The zero-order valence-corrected chi connectivity index (χ0v) is 11.6. The van der Waals surface area contributed by atoms with Crippen LogP contribution < -0.4 is 15.0 Å². The highest BCUT2D eigenvalue weighted by atomic mass is 16.5. The highest BCUT2D eigenvalue weighted by molar-refractivity contribution is 5.51. The van der Waals surface area contributed by atoms with E-state index in [0.29, 0.717) is 6.04 Å². The average molecular weight is 248 g/mol. The van der Waals surface area contributed by atoms with Crippen molar-refractivity contribution in [3.8, 4) is 5.75 Å². The van der Waals surface area contributed by atoms with Crippen LogP contribution in [-0.2, 0) is 0 Å². The van der Waals surface area contributed by atoms with Crippen molar-refractivity contribution in [2.45, 2.75) is 25.8 Å². The van der Waals surface area contributed by atoms with Gasteiger partial charge in [-0.25, -0.2) is 0 Å². The van der Waals surface area contributed by atoms with Gasteiger partial charge >= 0.3 is 0 Å². The maximum atomic E-state index is 5.29. The molecule has 3 nitrogen and oxygen atoms in total. The standard InChI is InChI=1S/C15H24N2O/c1-12(16-2)9-13-7-8-17(11-13)14-5-4-6-15(10-14)18-3/h4-6,10,12-13,16H,7-9,11H2,1-3H3. The van der Waals surface area contributed by atoms with Crippen LogP contribution in [0.15, 0.2) is 24.3 Å². The van der Waals surface area contributed by atoms with Crippen LogP contribution in [0.4, 0.5) is 5.69 Å². The Kier molecular flexibility index (Phi) is 4.48. The summed E-state index contributed by atoms with van der Waals surface area (Å²) in [4.78, 5) is 2.47. The molecule has 1 aromatic rings. The predicted octanol–water partition coefficient (Wildman–Crippen LogP) is 2.52. The number of nitrogens with one attached hydrogen (secondary N) is 1. The fourth-order valence-corrected chi connectivity index (χ4v) is 2.68. The minimum Gasteiger partial charge on any atom is -0.497 e. The summed E-state index contributed by atoms with van der Waals surface area (Å²) in [5.41, 5.74) is 1.29. The van der Waals surface area contributed by atoms with Crippen LogP contribution in [0, 0.1) is 5.92 Å². The summed E-state index contributed by atoms with van der Waals surface area (Å²) in [6.07, 6.45) is 2.56. The summed E-state index contributed by atoms with van der Waals surface area (Å²) < 4.78 is 5.29. The molecule has 1 fully saturated rings. The van der Waals surface area contributed by atoms with Crippen molar-refractivity contribution >= 4 is 5.69 Å². The van der Waals surface area contributed by atoms with Crippen LogP contribution in [0.5, 0.6) is 5.75 Å². The first-order valence-electron chi connectivity index (χ1n) is 6.79. The van der Waals surface area contributed by atoms with E-state index in [4.69, 9.17) is 4.74 Å². The SMILES string of the molecule is CNC(C)CC1CCN(c2cccc(OC)c2)C1. The molecule has 1 aliphatic heterocycles. The van der Waals surface area contributed by atoms with Crippen molar-refractivity contribution in [1.29, 1.82) is 0 Å². The molecular weight excluding hydrogens is 224 g/mol. The third-order valence-corrected chi connectivity index (χ3v) is 3.88. The minimum absolute atomic E-state index is 0.611. The van der Waals surface area contributed by atoms with Crippen LogP contribution in [0.25, 0.3) is 0 Å². The number of ether oxygens (including phenoxy) is 1. The Labute approximate surface area is 110 Å². The van der Waals surface area contributed by atoms with Crippen molar-refractivity contribution in [3.05, 3.63) is 24.3 Å². The van der Waals surface area contributed by atoms with Crippen molar-refractivity contribution in [2.24, 2.45) is 5.92 Å². The number of hydrogen-bond acceptors (Lipinski definition) is 3. The van der Waals surface area contributed by atoms with Gasteiger partial charge in [0.25, 0.3) is 0 Å². The Morgan fingerprint density at radius 3 is 3.06 bits per heavy atom. The van der Waals surface area contributed by atoms with Gasteiger partial charge < -0.3 is 15.0 Å². The number of hydrogen-bond donors (Lipinski definition) is 1. The van der Waals surface area contributed by atoms with Crippen molar-refractivity contribution < 1.29 is 4.74 Å². The first kappa shape index (κ1) is 13.2. The second kappa shape index (κ2) is 6.10. The third kappa shape index (κ3) is 3.16. The Balaban J connectivity index is 1.95. The van der Waals surface area contributed by atoms with Gasteiger partial charge in [-0.3, -0.25) is 0 Å². The smallest absolute Gasteiger partial charge is 0.120 e. The molecule has 1 saturated heterocycles. The lowest BCUT2D eigenvalue weighted by Gasteiger charge is -2.20. The fraction of sp³-hybridized carbons (Fsp3) is 0.600. The Morgan fingerprint density at radius 2 is 2.33 bits per heavy atom. The molecule has 2 unspecified atom stereocenters. The van der Waals surface area contributed by atoms with Gasteiger partial charge in [0, 0.05) is 30.9 Å². The molecule has 0 spiro atoms. The number of anilines is 1. The molecule has 100 valence electrons. The Hall–Kier alpha value is -1.22. The fourth-order valence-electron chi connectivity index (χ4n) is 2.68. The van der Waals surface area contributed by atoms with Crippen LogP contribution in [0.3, 0.4) is 0 Å².